The van der Waals surface area contributed by atoms with Gasteiger partial charge in [-0.15, -0.1) is 0 Å². The summed E-state index contributed by atoms with van der Waals surface area (Å²) in [7, 11) is -3.29. The Morgan fingerprint density at radius 3 is 2.48 bits per heavy atom. The van der Waals surface area contributed by atoms with Crippen molar-refractivity contribution in [3.63, 3.8) is 0 Å². The molecular weight excluding hydrogens is 664 g/mol. The Bertz CT molecular complexity index is 1170. The van der Waals surface area contributed by atoms with Crippen LogP contribution < -0.4 is 25.9 Å². The van der Waals surface area contributed by atoms with Gasteiger partial charge in [-0.05, 0) is 0 Å². The zero-order valence-corrected chi connectivity index (χ0v) is 24.5. The van der Waals surface area contributed by atoms with Crippen LogP contribution in [0.15, 0.2) is 41.3 Å². The van der Waals surface area contributed by atoms with E-state index >= 15 is 0 Å². The summed E-state index contributed by atoms with van der Waals surface area (Å²) in [6, 6.07) is 11.3. The summed E-state index contributed by atoms with van der Waals surface area (Å²) >= 11 is 2.38. The molecule has 0 N–H and O–H groups in total. The Morgan fingerprint density at radius 1 is 1.18 bits per heavy atom. The average molecular weight is 694 g/mol. The molecule has 1 fully saturated rings. The van der Waals surface area contributed by atoms with Crippen LogP contribution in [0.2, 0.25) is 0 Å². The molecule has 5 nitrogen and oxygen atoms in total. The standard InChI is InChI=1S/C25H30I2NO4S/c1-16(2)27-22-15-25(32-23-8-5-18(26)14-21(22)23)9-11-28(12-10-25)24(29)20-7-6-19(13-17(20)3)33(4,30)31/h5-8,13-14,16,22H,9-12,15H2,1-4H3/q-1/t22-/m1/s1. The molecule has 8 heteroatoms. The maximum absolute atomic E-state index is 13.2. The SMILES string of the molecule is Cc1cc(S(C)(=O)=O)ccc1C(=O)N1CCC2(CC1)C[C@@H]([I-]C(C)C)c1cc(I)ccc1O2. The Kier molecular flexibility index (Phi) is 7.37. The Balaban J connectivity index is 1.51. The zero-order chi connectivity index (χ0) is 24.0. The molecule has 0 radical (unpaired) electrons. The second-order valence-corrected chi connectivity index (χ2v) is 17.3. The Hall–Kier alpha value is -0.880. The molecule has 1 spiro atoms. The van der Waals surface area contributed by atoms with E-state index in [-0.39, 0.29) is 37.6 Å². The molecule has 1 saturated heterocycles. The number of rotatable bonds is 4. The monoisotopic (exact) mass is 694 g/mol. The van der Waals surface area contributed by atoms with Gasteiger partial charge in [-0.25, -0.2) is 8.42 Å². The number of hydrogen-bond acceptors (Lipinski definition) is 4. The Morgan fingerprint density at radius 2 is 1.88 bits per heavy atom. The van der Waals surface area contributed by atoms with E-state index in [9.17, 15) is 13.2 Å². The number of halogens is 2. The van der Waals surface area contributed by atoms with Crippen molar-refractivity contribution in [1.29, 1.82) is 0 Å². The summed E-state index contributed by atoms with van der Waals surface area (Å²) in [5.74, 6) is 0.998. The van der Waals surface area contributed by atoms with Crippen LogP contribution in [0.3, 0.4) is 0 Å². The summed E-state index contributed by atoms with van der Waals surface area (Å²) in [5.41, 5.74) is 2.44. The van der Waals surface area contributed by atoms with Crippen LogP contribution in [0, 0.1) is 10.5 Å². The first-order chi connectivity index (χ1) is 15.5. The average Bonchev–Trinajstić information content (AvgIpc) is 2.73. The van der Waals surface area contributed by atoms with Crippen LogP contribution in [-0.4, -0.2) is 48.1 Å². The number of carbonyl (C=O) groups is 1. The van der Waals surface area contributed by atoms with Gasteiger partial charge in [0.1, 0.15) is 0 Å². The molecule has 33 heavy (non-hydrogen) atoms. The van der Waals surface area contributed by atoms with E-state index in [1.54, 1.807) is 19.1 Å². The van der Waals surface area contributed by atoms with Crippen molar-refractivity contribution in [2.75, 3.05) is 19.3 Å². The molecule has 0 unspecified atom stereocenters. The van der Waals surface area contributed by atoms with E-state index in [0.29, 0.717) is 32.1 Å². The van der Waals surface area contributed by atoms with Crippen molar-refractivity contribution in [2.24, 2.45) is 0 Å². The van der Waals surface area contributed by atoms with Crippen LogP contribution in [0.1, 0.15) is 58.5 Å². The topological polar surface area (TPSA) is 63.7 Å². The summed E-state index contributed by atoms with van der Waals surface area (Å²) < 4.78 is 32.9. The third-order valence-electron chi connectivity index (χ3n) is 6.41. The predicted octanol–water partition coefficient (Wildman–Crippen LogP) is 2.00. The van der Waals surface area contributed by atoms with Crippen LogP contribution in [0.5, 0.6) is 5.75 Å². The summed E-state index contributed by atoms with van der Waals surface area (Å²) in [5, 5.41) is 0. The van der Waals surface area contributed by atoms with E-state index < -0.39 is 9.84 Å². The van der Waals surface area contributed by atoms with Gasteiger partial charge in [0.25, 0.3) is 0 Å². The van der Waals surface area contributed by atoms with Crippen LogP contribution in [0.4, 0.5) is 0 Å². The van der Waals surface area contributed by atoms with E-state index in [2.05, 4.69) is 54.6 Å². The Labute approximate surface area is 221 Å². The third kappa shape index (κ3) is 5.52. The molecule has 4 rings (SSSR count). The van der Waals surface area contributed by atoms with Crippen molar-refractivity contribution in [3.8, 4) is 5.75 Å². The quantitative estimate of drug-likeness (QED) is 0.364. The van der Waals surface area contributed by atoms with Crippen molar-refractivity contribution in [1.82, 2.24) is 4.90 Å². The predicted molar refractivity (Wildman–Crippen MR) is 134 cm³/mol. The van der Waals surface area contributed by atoms with Gasteiger partial charge in [0.2, 0.25) is 0 Å². The zero-order valence-electron chi connectivity index (χ0n) is 19.4. The number of likely N-dealkylation sites (tertiary alicyclic amines) is 1. The number of nitrogens with zero attached hydrogens (tertiary/aromatic N) is 1. The van der Waals surface area contributed by atoms with Crippen molar-refractivity contribution in [2.45, 2.75) is 58.4 Å². The molecule has 0 saturated carbocycles. The number of hydrogen-bond donors (Lipinski definition) is 0. The molecule has 2 aromatic carbocycles. The maximum atomic E-state index is 13.2. The van der Waals surface area contributed by atoms with Gasteiger partial charge in [0.15, 0.2) is 0 Å². The summed E-state index contributed by atoms with van der Waals surface area (Å²) in [6.45, 7) is 7.75. The summed E-state index contributed by atoms with van der Waals surface area (Å²) in [6.07, 6.45) is 3.87. The number of piperidine rings is 1. The van der Waals surface area contributed by atoms with Gasteiger partial charge in [0.05, 0.1) is 0 Å². The van der Waals surface area contributed by atoms with Gasteiger partial charge in [-0.2, -0.15) is 0 Å². The number of amides is 1. The van der Waals surface area contributed by atoms with Crippen LogP contribution >= 0.6 is 22.6 Å². The number of fused-ring (bicyclic) bond motifs is 1. The van der Waals surface area contributed by atoms with E-state index in [0.717, 1.165) is 25.0 Å². The number of ether oxygens (including phenoxy) is 1. The fourth-order valence-corrected chi connectivity index (χ4v) is 9.57. The van der Waals surface area contributed by atoms with Crippen molar-refractivity contribution < 1.29 is 39.2 Å². The minimum atomic E-state index is -3.29. The molecule has 2 aromatic rings. The molecular formula is C25H30I2NO4S-. The third-order valence-corrected chi connectivity index (χ3v) is 11.6. The number of alkyl halides is 2. The first kappa shape index (κ1) is 25.2. The number of aryl methyl sites for hydroxylation is 1. The van der Waals surface area contributed by atoms with E-state index in [4.69, 9.17) is 4.74 Å². The fraction of sp³-hybridized carbons (Fsp3) is 0.480. The van der Waals surface area contributed by atoms with Gasteiger partial charge in [-0.3, -0.25) is 0 Å². The second kappa shape index (κ2) is 9.64. The van der Waals surface area contributed by atoms with E-state index in [1.165, 1.54) is 21.5 Å². The summed E-state index contributed by atoms with van der Waals surface area (Å²) in [4.78, 5) is 15.4. The second-order valence-electron chi connectivity index (χ2n) is 9.32. The fourth-order valence-electron chi connectivity index (χ4n) is 4.69. The molecule has 0 aromatic heterocycles. The number of sulfone groups is 1. The first-order valence-corrected chi connectivity index (χ1v) is 16.6. The normalized spacial score (nSPS) is 20.1. The molecule has 0 bridgehead atoms. The van der Waals surface area contributed by atoms with Gasteiger partial charge in [-0.1, -0.05) is 0 Å². The number of carbonyl (C=O) groups excluding carboxylic acids is 1. The van der Waals surface area contributed by atoms with Crippen LogP contribution in [0.25, 0.3) is 0 Å². The van der Waals surface area contributed by atoms with Gasteiger partial charge < -0.3 is 0 Å². The van der Waals surface area contributed by atoms with Crippen molar-refractivity contribution in [3.05, 3.63) is 56.7 Å². The molecule has 2 aliphatic rings. The minimum absolute atomic E-state index is 0.00209. The van der Waals surface area contributed by atoms with Crippen molar-refractivity contribution >= 4 is 38.3 Å². The van der Waals surface area contributed by atoms with Crippen LogP contribution in [-0.2, 0) is 9.84 Å². The van der Waals surface area contributed by atoms with Gasteiger partial charge in [0, 0.05) is 6.26 Å². The number of benzene rings is 2. The molecule has 0 aliphatic carbocycles. The first-order valence-electron chi connectivity index (χ1n) is 11.2. The molecule has 2 aliphatic heterocycles. The van der Waals surface area contributed by atoms with E-state index in [1.807, 2.05) is 4.90 Å². The molecule has 1 atom stereocenters. The molecule has 180 valence electrons. The molecule has 1 amide bonds. The van der Waals surface area contributed by atoms with Gasteiger partial charge >= 0.3 is 208 Å². The molecule has 2 heterocycles.